The first kappa shape index (κ1) is 13.9. The average molecular weight is 271 g/mol. The minimum absolute atomic E-state index is 0.0672. The lowest BCUT2D eigenvalue weighted by molar-refractivity contribution is -0.119. The number of nitrogens with one attached hydrogen (secondary N) is 1. The lowest BCUT2D eigenvalue weighted by Gasteiger charge is -2.12. The third-order valence-electron chi connectivity index (χ3n) is 2.55. The fraction of sp³-hybridized carbons (Fsp3) is 0.188. The van der Waals surface area contributed by atoms with Crippen molar-refractivity contribution in [2.75, 3.05) is 13.2 Å². The zero-order valence-corrected chi connectivity index (χ0v) is 11.3. The van der Waals surface area contributed by atoms with E-state index in [0.29, 0.717) is 24.7 Å². The Morgan fingerprint density at radius 3 is 2.35 bits per heavy atom. The Kier molecular flexibility index (Phi) is 5.00. The van der Waals surface area contributed by atoms with Gasteiger partial charge in [0.1, 0.15) is 12.4 Å². The van der Waals surface area contributed by atoms with Gasteiger partial charge in [-0.05, 0) is 24.3 Å². The molecule has 20 heavy (non-hydrogen) atoms. The summed E-state index contributed by atoms with van der Waals surface area (Å²) in [7, 11) is 0. The molecular formula is C16H17NO3. The Labute approximate surface area is 118 Å². The van der Waals surface area contributed by atoms with Crippen molar-refractivity contribution in [2.45, 2.75) is 6.92 Å². The van der Waals surface area contributed by atoms with Crippen LogP contribution in [0.3, 0.4) is 0 Å². The van der Waals surface area contributed by atoms with Crippen molar-refractivity contribution in [1.29, 1.82) is 0 Å². The zero-order chi connectivity index (χ0) is 14.2. The normalized spacial score (nSPS) is 9.85. The summed E-state index contributed by atoms with van der Waals surface area (Å²) in [5.41, 5.74) is 0. The largest absolute Gasteiger partial charge is 0.488 e. The molecule has 0 aliphatic heterocycles. The molecule has 0 unspecified atom stereocenters. The molecule has 0 atom stereocenters. The van der Waals surface area contributed by atoms with Crippen LogP contribution in [0.5, 0.6) is 17.2 Å². The van der Waals surface area contributed by atoms with Gasteiger partial charge in [-0.15, -0.1) is 0 Å². The summed E-state index contributed by atoms with van der Waals surface area (Å²) in [6, 6.07) is 17.0. The molecule has 2 rings (SSSR count). The van der Waals surface area contributed by atoms with E-state index in [4.69, 9.17) is 9.47 Å². The fourth-order valence-corrected chi connectivity index (χ4v) is 1.66. The summed E-state index contributed by atoms with van der Waals surface area (Å²) in [5, 5.41) is 2.68. The van der Waals surface area contributed by atoms with Crippen molar-refractivity contribution >= 4 is 5.91 Å². The molecule has 0 fully saturated rings. The first-order chi connectivity index (χ1) is 9.75. The quantitative estimate of drug-likeness (QED) is 0.822. The summed E-state index contributed by atoms with van der Waals surface area (Å²) >= 11 is 0. The molecule has 0 aliphatic rings. The Morgan fingerprint density at radius 2 is 1.65 bits per heavy atom. The summed E-state index contributed by atoms with van der Waals surface area (Å²) in [4.78, 5) is 10.8. The SMILES string of the molecule is CC(=O)NCCOc1ccccc1Oc1ccccc1. The van der Waals surface area contributed by atoms with Gasteiger partial charge in [-0.1, -0.05) is 30.3 Å². The van der Waals surface area contributed by atoms with E-state index in [1.807, 2.05) is 54.6 Å². The van der Waals surface area contributed by atoms with Gasteiger partial charge >= 0.3 is 0 Å². The Hall–Kier alpha value is -2.49. The molecule has 104 valence electrons. The summed E-state index contributed by atoms with van der Waals surface area (Å²) < 4.78 is 11.4. The van der Waals surface area contributed by atoms with E-state index < -0.39 is 0 Å². The second kappa shape index (κ2) is 7.19. The highest BCUT2D eigenvalue weighted by molar-refractivity contribution is 5.72. The van der Waals surface area contributed by atoms with Crippen LogP contribution in [0.2, 0.25) is 0 Å². The van der Waals surface area contributed by atoms with E-state index in [-0.39, 0.29) is 5.91 Å². The van der Waals surface area contributed by atoms with Gasteiger partial charge in [-0.25, -0.2) is 0 Å². The molecule has 1 N–H and O–H groups in total. The Balaban J connectivity index is 1.97. The number of carbonyl (C=O) groups excluding carboxylic acids is 1. The molecule has 0 saturated heterocycles. The van der Waals surface area contributed by atoms with Crippen molar-refractivity contribution in [1.82, 2.24) is 5.32 Å². The van der Waals surface area contributed by atoms with Crippen molar-refractivity contribution in [2.24, 2.45) is 0 Å². The zero-order valence-electron chi connectivity index (χ0n) is 11.3. The van der Waals surface area contributed by atoms with Crippen molar-refractivity contribution in [3.05, 3.63) is 54.6 Å². The highest BCUT2D eigenvalue weighted by Gasteiger charge is 2.05. The van der Waals surface area contributed by atoms with Gasteiger partial charge in [-0.2, -0.15) is 0 Å². The van der Waals surface area contributed by atoms with Crippen LogP contribution in [0.25, 0.3) is 0 Å². The number of hydrogen-bond donors (Lipinski definition) is 1. The van der Waals surface area contributed by atoms with Crippen LogP contribution < -0.4 is 14.8 Å². The molecule has 0 heterocycles. The van der Waals surface area contributed by atoms with Crippen LogP contribution in [0.1, 0.15) is 6.92 Å². The number of benzene rings is 2. The molecule has 4 heteroatoms. The lowest BCUT2D eigenvalue weighted by Crippen LogP contribution is -2.25. The first-order valence-electron chi connectivity index (χ1n) is 6.45. The Morgan fingerprint density at radius 1 is 1.00 bits per heavy atom. The fourth-order valence-electron chi connectivity index (χ4n) is 1.66. The second-order valence-corrected chi connectivity index (χ2v) is 4.19. The maximum atomic E-state index is 10.8. The first-order valence-corrected chi connectivity index (χ1v) is 6.45. The maximum Gasteiger partial charge on any atom is 0.216 e. The van der Waals surface area contributed by atoms with Crippen molar-refractivity contribution < 1.29 is 14.3 Å². The van der Waals surface area contributed by atoms with E-state index >= 15 is 0 Å². The minimum Gasteiger partial charge on any atom is -0.488 e. The molecule has 0 aliphatic carbocycles. The van der Waals surface area contributed by atoms with Gasteiger partial charge in [0, 0.05) is 6.92 Å². The average Bonchev–Trinajstić information content (AvgIpc) is 2.46. The predicted octanol–water partition coefficient (Wildman–Crippen LogP) is 2.99. The molecule has 1 amide bonds. The monoisotopic (exact) mass is 271 g/mol. The number of ether oxygens (including phenoxy) is 2. The highest BCUT2D eigenvalue weighted by atomic mass is 16.5. The summed E-state index contributed by atoms with van der Waals surface area (Å²) in [5.74, 6) is 2.00. The van der Waals surface area contributed by atoms with E-state index in [9.17, 15) is 4.79 Å². The molecule has 0 radical (unpaired) electrons. The van der Waals surface area contributed by atoms with Crippen LogP contribution in [-0.4, -0.2) is 19.1 Å². The standard InChI is InChI=1S/C16H17NO3/c1-13(18)17-11-12-19-15-9-5-6-10-16(15)20-14-7-3-2-4-8-14/h2-10H,11-12H2,1H3,(H,17,18). The molecule has 4 nitrogen and oxygen atoms in total. The number of amides is 1. The number of rotatable bonds is 6. The van der Waals surface area contributed by atoms with Gasteiger partial charge in [-0.3, -0.25) is 4.79 Å². The molecule has 2 aromatic rings. The topological polar surface area (TPSA) is 47.6 Å². The second-order valence-electron chi connectivity index (χ2n) is 4.19. The third-order valence-corrected chi connectivity index (χ3v) is 2.55. The van der Waals surface area contributed by atoms with E-state index in [2.05, 4.69) is 5.32 Å². The number of para-hydroxylation sites is 3. The van der Waals surface area contributed by atoms with Gasteiger partial charge in [0.25, 0.3) is 0 Å². The third kappa shape index (κ3) is 4.31. The van der Waals surface area contributed by atoms with Gasteiger partial charge in [0.05, 0.1) is 6.54 Å². The van der Waals surface area contributed by atoms with Crippen LogP contribution in [-0.2, 0) is 4.79 Å². The molecule has 2 aromatic carbocycles. The van der Waals surface area contributed by atoms with Crippen LogP contribution in [0.15, 0.2) is 54.6 Å². The molecule has 0 bridgehead atoms. The van der Waals surface area contributed by atoms with Gasteiger partial charge < -0.3 is 14.8 Å². The van der Waals surface area contributed by atoms with Crippen LogP contribution in [0.4, 0.5) is 0 Å². The van der Waals surface area contributed by atoms with Crippen molar-refractivity contribution in [3.63, 3.8) is 0 Å². The number of carbonyl (C=O) groups is 1. The van der Waals surface area contributed by atoms with E-state index in [1.54, 1.807) is 0 Å². The molecular weight excluding hydrogens is 254 g/mol. The predicted molar refractivity (Wildman–Crippen MR) is 77.1 cm³/mol. The molecule has 0 spiro atoms. The van der Waals surface area contributed by atoms with E-state index in [0.717, 1.165) is 5.75 Å². The maximum absolute atomic E-state index is 10.8. The summed E-state index contributed by atoms with van der Waals surface area (Å²) in [6.07, 6.45) is 0. The summed E-state index contributed by atoms with van der Waals surface area (Å²) in [6.45, 7) is 2.34. The minimum atomic E-state index is -0.0672. The highest BCUT2D eigenvalue weighted by Crippen LogP contribution is 2.30. The molecule has 0 saturated carbocycles. The van der Waals surface area contributed by atoms with Gasteiger partial charge in [0.15, 0.2) is 11.5 Å². The van der Waals surface area contributed by atoms with Crippen LogP contribution >= 0.6 is 0 Å². The lowest BCUT2D eigenvalue weighted by atomic mass is 10.3. The van der Waals surface area contributed by atoms with Crippen molar-refractivity contribution in [3.8, 4) is 17.2 Å². The van der Waals surface area contributed by atoms with E-state index in [1.165, 1.54) is 6.92 Å². The van der Waals surface area contributed by atoms with Gasteiger partial charge in [0.2, 0.25) is 5.91 Å². The molecule has 0 aromatic heterocycles. The van der Waals surface area contributed by atoms with Crippen LogP contribution in [0, 0.1) is 0 Å². The smallest absolute Gasteiger partial charge is 0.216 e. The number of hydrogen-bond acceptors (Lipinski definition) is 3. The Bertz CT molecular complexity index is 555.